The van der Waals surface area contributed by atoms with E-state index in [0.29, 0.717) is 5.57 Å². The smallest absolute Gasteiger partial charge is 0.250 e. The summed E-state index contributed by atoms with van der Waals surface area (Å²) in [5, 5.41) is 11.6. The SMILES string of the molecule is C[C@H](CO)NC(=O)C1=Cc2cc(Br)ccc2OC1. The van der Waals surface area contributed by atoms with E-state index >= 15 is 0 Å². The number of carbonyl (C=O) groups excluding carboxylic acids is 1. The van der Waals surface area contributed by atoms with Crippen LogP contribution >= 0.6 is 15.9 Å². The van der Waals surface area contributed by atoms with Crippen LogP contribution in [-0.2, 0) is 4.79 Å². The van der Waals surface area contributed by atoms with Crippen LogP contribution in [0.15, 0.2) is 28.2 Å². The van der Waals surface area contributed by atoms with Crippen LogP contribution in [0, 0.1) is 0 Å². The van der Waals surface area contributed by atoms with Crippen molar-refractivity contribution in [3.05, 3.63) is 33.8 Å². The van der Waals surface area contributed by atoms with Crippen LogP contribution in [0.4, 0.5) is 0 Å². The molecule has 5 heteroatoms. The van der Waals surface area contributed by atoms with Crippen LogP contribution in [0.1, 0.15) is 12.5 Å². The number of aliphatic hydroxyl groups excluding tert-OH is 1. The number of halogens is 1. The predicted molar refractivity (Wildman–Crippen MR) is 72.3 cm³/mol. The molecule has 1 atom stereocenters. The zero-order valence-corrected chi connectivity index (χ0v) is 11.5. The Kier molecular flexibility index (Phi) is 4.04. The Bertz CT molecular complexity index is 499. The first kappa shape index (κ1) is 13.1. The highest BCUT2D eigenvalue weighted by Crippen LogP contribution is 2.29. The van der Waals surface area contributed by atoms with Gasteiger partial charge in [0.25, 0.3) is 5.91 Å². The van der Waals surface area contributed by atoms with E-state index in [2.05, 4.69) is 21.2 Å². The van der Waals surface area contributed by atoms with Gasteiger partial charge in [0, 0.05) is 16.1 Å². The molecule has 0 saturated heterocycles. The molecule has 0 saturated carbocycles. The molecule has 96 valence electrons. The Hall–Kier alpha value is -1.33. The quantitative estimate of drug-likeness (QED) is 0.893. The average molecular weight is 312 g/mol. The highest BCUT2D eigenvalue weighted by molar-refractivity contribution is 9.10. The molecule has 1 aromatic carbocycles. The molecule has 18 heavy (non-hydrogen) atoms. The molecular formula is C13H14BrNO3. The van der Waals surface area contributed by atoms with Crippen LogP contribution in [-0.4, -0.2) is 30.3 Å². The van der Waals surface area contributed by atoms with Gasteiger partial charge in [-0.2, -0.15) is 0 Å². The molecule has 1 aromatic rings. The molecule has 1 amide bonds. The highest BCUT2D eigenvalue weighted by atomic mass is 79.9. The van der Waals surface area contributed by atoms with E-state index < -0.39 is 0 Å². The monoisotopic (exact) mass is 311 g/mol. The number of fused-ring (bicyclic) bond motifs is 1. The maximum atomic E-state index is 11.9. The Balaban J connectivity index is 2.19. The van der Waals surface area contributed by atoms with Crippen LogP contribution < -0.4 is 10.1 Å². The molecule has 4 nitrogen and oxygen atoms in total. The Morgan fingerprint density at radius 2 is 2.39 bits per heavy atom. The fourth-order valence-electron chi connectivity index (χ4n) is 1.64. The van der Waals surface area contributed by atoms with Crippen molar-refractivity contribution in [1.29, 1.82) is 0 Å². The van der Waals surface area contributed by atoms with Gasteiger partial charge in [0.1, 0.15) is 12.4 Å². The summed E-state index contributed by atoms with van der Waals surface area (Å²) in [6, 6.07) is 5.39. The number of carbonyl (C=O) groups is 1. The molecular weight excluding hydrogens is 298 g/mol. The van der Waals surface area contributed by atoms with Crippen molar-refractivity contribution in [1.82, 2.24) is 5.32 Å². The van der Waals surface area contributed by atoms with Crippen molar-refractivity contribution in [2.75, 3.05) is 13.2 Å². The molecule has 0 bridgehead atoms. The lowest BCUT2D eigenvalue weighted by molar-refractivity contribution is -0.118. The standard InChI is InChI=1S/C13H14BrNO3/c1-8(6-16)15-13(17)10-4-9-5-11(14)2-3-12(9)18-7-10/h2-5,8,16H,6-7H2,1H3,(H,15,17)/t8-/m1/s1. The van der Waals surface area contributed by atoms with Gasteiger partial charge >= 0.3 is 0 Å². The zero-order chi connectivity index (χ0) is 13.1. The summed E-state index contributed by atoms with van der Waals surface area (Å²) in [5.74, 6) is 0.562. The summed E-state index contributed by atoms with van der Waals surface area (Å²) >= 11 is 3.38. The van der Waals surface area contributed by atoms with Crippen LogP contribution in [0.3, 0.4) is 0 Å². The largest absolute Gasteiger partial charge is 0.488 e. The van der Waals surface area contributed by atoms with Crippen molar-refractivity contribution in [2.45, 2.75) is 13.0 Å². The molecule has 0 fully saturated rings. The van der Waals surface area contributed by atoms with Gasteiger partial charge in [-0.3, -0.25) is 4.79 Å². The molecule has 0 unspecified atom stereocenters. The maximum absolute atomic E-state index is 11.9. The van der Waals surface area contributed by atoms with Gasteiger partial charge in [-0.15, -0.1) is 0 Å². The third kappa shape index (κ3) is 2.91. The minimum Gasteiger partial charge on any atom is -0.488 e. The predicted octanol–water partition coefficient (Wildman–Crippen LogP) is 1.72. The van der Waals surface area contributed by atoms with Crippen molar-refractivity contribution in [2.24, 2.45) is 0 Å². The summed E-state index contributed by atoms with van der Waals surface area (Å²) in [6.07, 6.45) is 1.81. The van der Waals surface area contributed by atoms with Crippen LogP contribution in [0.25, 0.3) is 6.08 Å². The van der Waals surface area contributed by atoms with E-state index in [1.165, 1.54) is 0 Å². The second-order valence-electron chi connectivity index (χ2n) is 4.20. The molecule has 0 spiro atoms. The first-order chi connectivity index (χ1) is 8.60. The van der Waals surface area contributed by atoms with Crippen LogP contribution in [0.2, 0.25) is 0 Å². The second-order valence-corrected chi connectivity index (χ2v) is 5.11. The van der Waals surface area contributed by atoms with Crippen molar-refractivity contribution in [3.8, 4) is 5.75 Å². The fourth-order valence-corrected chi connectivity index (χ4v) is 2.02. The number of aliphatic hydroxyl groups is 1. The third-order valence-corrected chi connectivity index (χ3v) is 3.12. The number of benzene rings is 1. The molecule has 0 radical (unpaired) electrons. The van der Waals surface area contributed by atoms with Gasteiger partial charge in [-0.1, -0.05) is 15.9 Å². The second kappa shape index (κ2) is 5.54. The molecule has 2 rings (SSSR count). The Labute approximate surface area is 114 Å². The Morgan fingerprint density at radius 3 is 3.11 bits per heavy atom. The molecule has 1 aliphatic rings. The summed E-state index contributed by atoms with van der Waals surface area (Å²) in [7, 11) is 0. The van der Waals surface area contributed by atoms with Gasteiger partial charge in [0.05, 0.1) is 12.2 Å². The summed E-state index contributed by atoms with van der Waals surface area (Å²) < 4.78 is 6.45. The first-order valence-corrected chi connectivity index (χ1v) is 6.44. The fraction of sp³-hybridized carbons (Fsp3) is 0.308. The van der Waals surface area contributed by atoms with Gasteiger partial charge in [0.15, 0.2) is 0 Å². The highest BCUT2D eigenvalue weighted by Gasteiger charge is 2.18. The number of nitrogens with one attached hydrogen (secondary N) is 1. The summed E-state index contributed by atoms with van der Waals surface area (Å²) in [5.41, 5.74) is 1.43. The maximum Gasteiger partial charge on any atom is 0.250 e. The number of ether oxygens (including phenoxy) is 1. The molecule has 2 N–H and O–H groups in total. The van der Waals surface area contributed by atoms with Gasteiger partial charge in [-0.25, -0.2) is 0 Å². The van der Waals surface area contributed by atoms with Gasteiger partial charge < -0.3 is 15.2 Å². The lowest BCUT2D eigenvalue weighted by Gasteiger charge is -2.19. The number of hydrogen-bond donors (Lipinski definition) is 2. The molecule has 0 aliphatic carbocycles. The van der Waals surface area contributed by atoms with E-state index in [9.17, 15) is 4.79 Å². The third-order valence-electron chi connectivity index (χ3n) is 2.63. The van der Waals surface area contributed by atoms with E-state index in [-0.39, 0.29) is 25.2 Å². The van der Waals surface area contributed by atoms with E-state index in [4.69, 9.17) is 9.84 Å². The zero-order valence-electron chi connectivity index (χ0n) is 9.94. The van der Waals surface area contributed by atoms with Crippen molar-refractivity contribution < 1.29 is 14.6 Å². The first-order valence-electron chi connectivity index (χ1n) is 5.65. The number of hydrogen-bond acceptors (Lipinski definition) is 3. The van der Waals surface area contributed by atoms with E-state index in [0.717, 1.165) is 15.8 Å². The molecule has 1 aliphatic heterocycles. The van der Waals surface area contributed by atoms with E-state index in [1.807, 2.05) is 24.3 Å². The molecule has 0 aromatic heterocycles. The Morgan fingerprint density at radius 1 is 1.61 bits per heavy atom. The minimum atomic E-state index is -0.262. The molecule has 1 heterocycles. The normalized spacial score (nSPS) is 15.2. The van der Waals surface area contributed by atoms with Gasteiger partial charge in [0.2, 0.25) is 0 Å². The topological polar surface area (TPSA) is 58.6 Å². The minimum absolute atomic E-state index is 0.0813. The van der Waals surface area contributed by atoms with Crippen molar-refractivity contribution in [3.63, 3.8) is 0 Å². The van der Waals surface area contributed by atoms with Crippen LogP contribution in [0.5, 0.6) is 5.75 Å². The number of amides is 1. The lowest BCUT2D eigenvalue weighted by atomic mass is 10.1. The summed E-state index contributed by atoms with van der Waals surface area (Å²) in [6.45, 7) is 1.91. The van der Waals surface area contributed by atoms with Gasteiger partial charge in [-0.05, 0) is 31.2 Å². The van der Waals surface area contributed by atoms with E-state index in [1.54, 1.807) is 6.92 Å². The average Bonchev–Trinajstić information content (AvgIpc) is 2.37. The van der Waals surface area contributed by atoms with Crippen molar-refractivity contribution >= 4 is 27.9 Å². The number of rotatable bonds is 3. The lowest BCUT2D eigenvalue weighted by Crippen LogP contribution is -2.37. The summed E-state index contributed by atoms with van der Waals surface area (Å²) in [4.78, 5) is 11.9.